The van der Waals surface area contributed by atoms with Crippen LogP contribution in [0.4, 0.5) is 17.6 Å². The summed E-state index contributed by atoms with van der Waals surface area (Å²) in [5.74, 6) is -0.842. The van der Waals surface area contributed by atoms with Crippen LogP contribution in [0.2, 0.25) is 0 Å². The average molecular weight is 407 g/mol. The number of alkyl halides is 3. The molecule has 29 heavy (non-hydrogen) atoms. The highest BCUT2D eigenvalue weighted by Gasteiger charge is 2.36. The van der Waals surface area contributed by atoms with Gasteiger partial charge in [0.2, 0.25) is 5.91 Å². The van der Waals surface area contributed by atoms with Gasteiger partial charge in [-0.2, -0.15) is 27.8 Å². The van der Waals surface area contributed by atoms with Crippen molar-refractivity contribution >= 4 is 11.7 Å². The fourth-order valence-corrected chi connectivity index (χ4v) is 3.60. The molecule has 0 unspecified atom stereocenters. The van der Waals surface area contributed by atoms with E-state index in [-0.39, 0.29) is 24.0 Å². The molecular formula is C19H17F4N5O. The van der Waals surface area contributed by atoms with Crippen LogP contribution in [0.15, 0.2) is 36.7 Å². The van der Waals surface area contributed by atoms with E-state index in [0.717, 1.165) is 12.4 Å². The molecule has 1 aliphatic rings. The van der Waals surface area contributed by atoms with Gasteiger partial charge in [-0.25, -0.2) is 9.37 Å². The second-order valence-corrected chi connectivity index (χ2v) is 7.00. The van der Waals surface area contributed by atoms with Crippen LogP contribution in [0.5, 0.6) is 0 Å². The quantitative estimate of drug-likeness (QED) is 0.626. The maximum absolute atomic E-state index is 13.3. The highest BCUT2D eigenvalue weighted by atomic mass is 19.4. The van der Waals surface area contributed by atoms with Crippen LogP contribution in [0.1, 0.15) is 35.7 Å². The van der Waals surface area contributed by atoms with Crippen molar-refractivity contribution in [2.45, 2.75) is 31.4 Å². The Morgan fingerprint density at radius 1 is 1.17 bits per heavy atom. The third-order valence-electron chi connectivity index (χ3n) is 5.07. The molecule has 0 spiro atoms. The number of benzene rings is 1. The molecule has 0 atom stereocenters. The van der Waals surface area contributed by atoms with E-state index in [1.165, 1.54) is 12.1 Å². The van der Waals surface area contributed by atoms with Crippen molar-refractivity contribution < 1.29 is 22.4 Å². The minimum atomic E-state index is -4.58. The van der Waals surface area contributed by atoms with Gasteiger partial charge in [-0.05, 0) is 36.6 Å². The Morgan fingerprint density at radius 2 is 1.93 bits per heavy atom. The van der Waals surface area contributed by atoms with E-state index in [4.69, 9.17) is 0 Å². The van der Waals surface area contributed by atoms with Gasteiger partial charge < -0.3 is 4.90 Å². The van der Waals surface area contributed by atoms with E-state index < -0.39 is 17.7 Å². The molecular weight excluding hydrogens is 390 g/mol. The minimum absolute atomic E-state index is 0.0879. The summed E-state index contributed by atoms with van der Waals surface area (Å²) in [6.45, 7) is 0.805. The molecule has 2 aromatic heterocycles. The van der Waals surface area contributed by atoms with Crippen molar-refractivity contribution in [1.82, 2.24) is 24.5 Å². The van der Waals surface area contributed by atoms with Gasteiger partial charge >= 0.3 is 6.18 Å². The van der Waals surface area contributed by atoms with Crippen LogP contribution in [0.25, 0.3) is 5.78 Å². The molecule has 152 valence electrons. The predicted octanol–water partition coefficient (Wildman–Crippen LogP) is 3.23. The summed E-state index contributed by atoms with van der Waals surface area (Å²) in [5.41, 5.74) is -0.0273. The van der Waals surface area contributed by atoms with Gasteiger partial charge in [-0.3, -0.25) is 4.79 Å². The number of likely N-dealkylation sites (tertiary alicyclic amines) is 1. The summed E-state index contributed by atoms with van der Waals surface area (Å²) in [5, 5.41) is 3.60. The van der Waals surface area contributed by atoms with E-state index in [1.807, 2.05) is 0 Å². The average Bonchev–Trinajstić information content (AvgIpc) is 3.15. The Morgan fingerprint density at radius 3 is 2.62 bits per heavy atom. The van der Waals surface area contributed by atoms with E-state index in [9.17, 15) is 22.4 Å². The first-order chi connectivity index (χ1) is 13.8. The fourth-order valence-electron chi connectivity index (χ4n) is 3.60. The first-order valence-electron chi connectivity index (χ1n) is 9.11. The number of hydrogen-bond acceptors (Lipinski definition) is 4. The van der Waals surface area contributed by atoms with E-state index in [1.54, 1.807) is 17.0 Å². The molecule has 1 saturated heterocycles. The van der Waals surface area contributed by atoms with Gasteiger partial charge in [0.15, 0.2) is 5.69 Å². The summed E-state index contributed by atoms with van der Waals surface area (Å²) in [6, 6.07) is 6.88. The largest absolute Gasteiger partial charge is 0.433 e. The van der Waals surface area contributed by atoms with E-state index >= 15 is 0 Å². The Labute approximate surface area is 163 Å². The molecule has 3 heterocycles. The molecule has 0 saturated carbocycles. The lowest BCUT2D eigenvalue weighted by Gasteiger charge is -2.32. The summed E-state index contributed by atoms with van der Waals surface area (Å²) in [6.07, 6.45) is -2.47. The molecule has 1 fully saturated rings. The van der Waals surface area contributed by atoms with E-state index in [0.29, 0.717) is 41.7 Å². The number of piperidine rings is 1. The van der Waals surface area contributed by atoms with Crippen LogP contribution >= 0.6 is 0 Å². The number of amides is 1. The number of carbonyl (C=O) groups excluding carboxylic acids is 1. The van der Waals surface area contributed by atoms with Gasteiger partial charge in [0.25, 0.3) is 5.78 Å². The van der Waals surface area contributed by atoms with Gasteiger partial charge in [-0.15, -0.1) is 0 Å². The summed E-state index contributed by atoms with van der Waals surface area (Å²) < 4.78 is 54.0. The fraction of sp³-hybridized carbons (Fsp3) is 0.368. The van der Waals surface area contributed by atoms with Crippen LogP contribution in [0, 0.1) is 5.82 Å². The van der Waals surface area contributed by atoms with E-state index in [2.05, 4.69) is 15.1 Å². The molecule has 1 aliphatic heterocycles. The van der Waals surface area contributed by atoms with Crippen LogP contribution in [-0.4, -0.2) is 43.5 Å². The maximum atomic E-state index is 13.3. The second-order valence-electron chi connectivity index (χ2n) is 7.00. The molecule has 4 rings (SSSR count). The number of fused-ring (bicyclic) bond motifs is 1. The van der Waals surface area contributed by atoms with Crippen molar-refractivity contribution in [2.24, 2.45) is 0 Å². The number of halogens is 4. The minimum Gasteiger partial charge on any atom is -0.342 e. The Balaban J connectivity index is 1.46. The topological polar surface area (TPSA) is 63.4 Å². The molecule has 0 N–H and O–H groups in total. The van der Waals surface area contributed by atoms with Gasteiger partial charge in [0, 0.05) is 24.7 Å². The molecule has 0 aliphatic carbocycles. The third-order valence-corrected chi connectivity index (χ3v) is 5.07. The second kappa shape index (κ2) is 7.41. The molecule has 1 aromatic carbocycles. The molecule has 0 radical (unpaired) electrons. The summed E-state index contributed by atoms with van der Waals surface area (Å²) in [4.78, 5) is 22.1. The zero-order valence-electron chi connectivity index (χ0n) is 15.2. The number of carbonyl (C=O) groups is 1. The lowest BCUT2D eigenvalue weighted by Crippen LogP contribution is -2.39. The third kappa shape index (κ3) is 4.06. The molecule has 1 amide bonds. The van der Waals surface area contributed by atoms with Crippen LogP contribution in [-0.2, 0) is 17.4 Å². The molecule has 6 nitrogen and oxygen atoms in total. The van der Waals surface area contributed by atoms with Crippen molar-refractivity contribution in [3.8, 4) is 0 Å². The lowest BCUT2D eigenvalue weighted by molar-refractivity contribution is -0.142. The maximum Gasteiger partial charge on any atom is 0.433 e. The normalized spacial score (nSPS) is 15.8. The van der Waals surface area contributed by atoms with Crippen molar-refractivity contribution in [1.29, 1.82) is 0 Å². The highest BCUT2D eigenvalue weighted by Crippen LogP contribution is 2.33. The van der Waals surface area contributed by atoms with Crippen LogP contribution in [0.3, 0.4) is 0 Å². The van der Waals surface area contributed by atoms with Crippen molar-refractivity contribution in [2.75, 3.05) is 13.1 Å². The standard InChI is InChI=1S/C19H17F4N5O/c20-14-3-1-2-12(8-14)9-17(29)27-6-4-13(5-7-27)15-10-16(19(21,22)23)28-18(26-15)24-11-25-28/h1-3,8,10-11,13H,4-7,9H2. The molecule has 0 bridgehead atoms. The first kappa shape index (κ1) is 19.3. The number of rotatable bonds is 3. The zero-order chi connectivity index (χ0) is 20.6. The SMILES string of the molecule is O=C(Cc1cccc(F)c1)N1CCC(c2cc(C(F)(F)F)n3ncnc3n2)CC1. The first-order valence-corrected chi connectivity index (χ1v) is 9.11. The number of nitrogens with zero attached hydrogens (tertiary/aromatic N) is 5. The van der Waals surface area contributed by atoms with Gasteiger partial charge in [0.1, 0.15) is 12.1 Å². The molecule has 10 heteroatoms. The monoisotopic (exact) mass is 407 g/mol. The highest BCUT2D eigenvalue weighted by molar-refractivity contribution is 5.78. The van der Waals surface area contributed by atoms with Gasteiger partial charge in [-0.1, -0.05) is 12.1 Å². The predicted molar refractivity (Wildman–Crippen MR) is 94.4 cm³/mol. The van der Waals surface area contributed by atoms with Crippen molar-refractivity contribution in [3.05, 3.63) is 59.4 Å². The lowest BCUT2D eigenvalue weighted by atomic mass is 9.92. The molecule has 3 aromatic rings. The summed E-state index contributed by atoms with van der Waals surface area (Å²) >= 11 is 0. The Bertz CT molecular complexity index is 1040. The van der Waals surface area contributed by atoms with Crippen LogP contribution < -0.4 is 0 Å². The number of hydrogen-bond donors (Lipinski definition) is 0. The van der Waals surface area contributed by atoms with Crippen molar-refractivity contribution in [3.63, 3.8) is 0 Å². The van der Waals surface area contributed by atoms with Gasteiger partial charge in [0.05, 0.1) is 6.42 Å². The Kier molecular flexibility index (Phi) is 4.93. The smallest absolute Gasteiger partial charge is 0.342 e. The zero-order valence-corrected chi connectivity index (χ0v) is 15.2. The summed E-state index contributed by atoms with van der Waals surface area (Å²) in [7, 11) is 0. The Hall–Kier alpha value is -3.04. The number of aromatic nitrogens is 4.